The Morgan fingerprint density at radius 3 is 2.44 bits per heavy atom. The highest BCUT2D eigenvalue weighted by atomic mass is 32.1. The average Bonchev–Trinajstić information content (AvgIpc) is 3.38. The number of benzene rings is 2. The van der Waals surface area contributed by atoms with E-state index < -0.39 is 0 Å². The Balaban J connectivity index is 1.51. The number of H-pyrrole nitrogens is 1. The third-order valence-electron chi connectivity index (χ3n) is 5.62. The summed E-state index contributed by atoms with van der Waals surface area (Å²) >= 11 is 6.72. The summed E-state index contributed by atoms with van der Waals surface area (Å²) in [5.41, 5.74) is 8.77. The number of aromatic nitrogens is 5. The van der Waals surface area contributed by atoms with E-state index in [0.29, 0.717) is 3.95 Å². The predicted molar refractivity (Wildman–Crippen MR) is 134 cm³/mol. The second-order valence-corrected chi connectivity index (χ2v) is 9.55. The average molecular weight is 458 g/mol. The van der Waals surface area contributed by atoms with Crippen LogP contribution in [0.3, 0.4) is 0 Å². The van der Waals surface area contributed by atoms with Crippen LogP contribution in [0.1, 0.15) is 29.6 Å². The van der Waals surface area contributed by atoms with Gasteiger partial charge in [0.15, 0.2) is 9.60 Å². The molecule has 0 aliphatic carbocycles. The predicted octanol–water partition coefficient (Wildman–Crippen LogP) is 6.51. The van der Waals surface area contributed by atoms with Crippen molar-refractivity contribution >= 4 is 34.7 Å². The van der Waals surface area contributed by atoms with Crippen molar-refractivity contribution in [1.29, 1.82) is 0 Å². The molecule has 0 amide bonds. The quantitative estimate of drug-likeness (QED) is 0.306. The van der Waals surface area contributed by atoms with Crippen molar-refractivity contribution < 1.29 is 0 Å². The molecular formula is C25H23N5S2. The van der Waals surface area contributed by atoms with Crippen LogP contribution in [-0.2, 0) is 13.0 Å². The zero-order valence-electron chi connectivity index (χ0n) is 18.2. The molecular weight excluding hydrogens is 434 g/mol. The van der Waals surface area contributed by atoms with Crippen LogP contribution in [-0.4, -0.2) is 24.7 Å². The number of hydrogen-bond donors (Lipinski definition) is 1. The fourth-order valence-electron chi connectivity index (χ4n) is 4.12. The SMILES string of the molecule is CCc1nc2c(C)cc(C)nc2n1Cc1ccc(-c2ccccc2-c2n[nH]c(=S)s2)cc1. The Morgan fingerprint density at radius 1 is 1.00 bits per heavy atom. The standard InChI is InChI=1S/C25H23N5S2/c1-4-21-27-22-15(2)13-16(3)26-23(22)30(21)14-17-9-11-18(12-10-17)19-7-5-6-8-20(19)24-28-29-25(31)32-24/h5-13H,4,14H2,1-3H3,(H,29,31). The monoisotopic (exact) mass is 457 g/mol. The van der Waals surface area contributed by atoms with E-state index >= 15 is 0 Å². The zero-order valence-corrected chi connectivity index (χ0v) is 19.8. The summed E-state index contributed by atoms with van der Waals surface area (Å²) in [6, 6.07) is 19.1. The number of pyridine rings is 1. The lowest BCUT2D eigenvalue weighted by molar-refractivity contribution is 0.745. The zero-order chi connectivity index (χ0) is 22.2. The molecule has 5 rings (SSSR count). The minimum absolute atomic E-state index is 0.684. The molecule has 5 aromatic rings. The number of aryl methyl sites for hydroxylation is 3. The van der Waals surface area contributed by atoms with E-state index in [1.54, 1.807) is 0 Å². The molecule has 0 bridgehead atoms. The van der Waals surface area contributed by atoms with Gasteiger partial charge in [-0.2, -0.15) is 5.10 Å². The van der Waals surface area contributed by atoms with Crippen molar-refractivity contribution in [2.75, 3.05) is 0 Å². The van der Waals surface area contributed by atoms with Gasteiger partial charge in [0, 0.05) is 17.7 Å². The van der Waals surface area contributed by atoms with Crippen LogP contribution >= 0.6 is 23.6 Å². The molecule has 0 atom stereocenters. The Kier molecular flexibility index (Phi) is 5.45. The van der Waals surface area contributed by atoms with Crippen LogP contribution < -0.4 is 0 Å². The molecule has 1 N–H and O–H groups in total. The fraction of sp³-hybridized carbons (Fsp3) is 0.200. The number of nitrogens with zero attached hydrogens (tertiary/aromatic N) is 4. The van der Waals surface area contributed by atoms with Crippen molar-refractivity contribution in [3.05, 3.63) is 81.2 Å². The Bertz CT molecular complexity index is 1470. The van der Waals surface area contributed by atoms with Gasteiger partial charge < -0.3 is 4.57 Å². The van der Waals surface area contributed by atoms with Gasteiger partial charge in [0.2, 0.25) is 0 Å². The third kappa shape index (κ3) is 3.78. The van der Waals surface area contributed by atoms with Crippen LogP contribution in [0.15, 0.2) is 54.6 Å². The lowest BCUT2D eigenvalue weighted by atomic mass is 9.99. The van der Waals surface area contributed by atoms with Crippen LogP contribution in [0.5, 0.6) is 0 Å². The van der Waals surface area contributed by atoms with Crippen molar-refractivity contribution in [1.82, 2.24) is 24.7 Å². The highest BCUT2D eigenvalue weighted by molar-refractivity contribution is 7.73. The molecule has 160 valence electrons. The summed E-state index contributed by atoms with van der Waals surface area (Å²) in [4.78, 5) is 9.66. The molecule has 0 saturated heterocycles. The summed E-state index contributed by atoms with van der Waals surface area (Å²) in [6.07, 6.45) is 0.871. The number of aromatic amines is 1. The summed E-state index contributed by atoms with van der Waals surface area (Å²) in [6.45, 7) is 7.04. The maximum Gasteiger partial charge on any atom is 0.176 e. The van der Waals surface area contributed by atoms with Crippen LogP contribution in [0.25, 0.3) is 32.9 Å². The first-order valence-corrected chi connectivity index (χ1v) is 11.8. The van der Waals surface area contributed by atoms with E-state index in [9.17, 15) is 0 Å². The minimum atomic E-state index is 0.684. The molecule has 0 spiro atoms. The number of rotatable bonds is 5. The molecule has 0 saturated carbocycles. The van der Waals surface area contributed by atoms with Crippen molar-refractivity contribution in [2.45, 2.75) is 33.7 Å². The Hall–Kier alpha value is -3.16. The van der Waals surface area contributed by atoms with E-state index in [-0.39, 0.29) is 0 Å². The largest absolute Gasteiger partial charge is 0.308 e. The van der Waals surface area contributed by atoms with Crippen LogP contribution in [0.2, 0.25) is 0 Å². The number of nitrogens with one attached hydrogen (secondary N) is 1. The molecule has 0 fully saturated rings. The topological polar surface area (TPSA) is 59.4 Å². The van der Waals surface area contributed by atoms with Gasteiger partial charge in [-0.05, 0) is 54.4 Å². The summed E-state index contributed by atoms with van der Waals surface area (Å²) in [5.74, 6) is 1.07. The molecule has 3 heterocycles. The van der Waals surface area contributed by atoms with E-state index in [0.717, 1.165) is 57.3 Å². The molecule has 0 unspecified atom stereocenters. The number of fused-ring (bicyclic) bond motifs is 1. The first-order chi connectivity index (χ1) is 15.5. The smallest absolute Gasteiger partial charge is 0.176 e. The Morgan fingerprint density at radius 2 is 1.75 bits per heavy atom. The van der Waals surface area contributed by atoms with Gasteiger partial charge in [-0.1, -0.05) is 66.8 Å². The fourth-order valence-corrected chi connectivity index (χ4v) is 5.05. The van der Waals surface area contributed by atoms with Gasteiger partial charge in [0.05, 0.1) is 6.54 Å². The molecule has 0 radical (unpaired) electrons. The van der Waals surface area contributed by atoms with Gasteiger partial charge in [-0.15, -0.1) is 0 Å². The summed E-state index contributed by atoms with van der Waals surface area (Å²) < 4.78 is 2.93. The second-order valence-electron chi connectivity index (χ2n) is 7.88. The molecule has 0 aliphatic rings. The van der Waals surface area contributed by atoms with Gasteiger partial charge >= 0.3 is 0 Å². The van der Waals surface area contributed by atoms with Crippen molar-refractivity contribution in [3.63, 3.8) is 0 Å². The highest BCUT2D eigenvalue weighted by Crippen LogP contribution is 2.33. The molecule has 32 heavy (non-hydrogen) atoms. The van der Waals surface area contributed by atoms with Crippen LogP contribution in [0, 0.1) is 17.8 Å². The second kappa shape index (κ2) is 8.41. The third-order valence-corrected chi connectivity index (χ3v) is 6.74. The Labute approximate surface area is 195 Å². The van der Waals surface area contributed by atoms with Gasteiger partial charge in [0.25, 0.3) is 0 Å². The molecule has 2 aromatic carbocycles. The highest BCUT2D eigenvalue weighted by Gasteiger charge is 2.14. The minimum Gasteiger partial charge on any atom is -0.308 e. The van der Waals surface area contributed by atoms with Gasteiger partial charge in [0.1, 0.15) is 16.3 Å². The maximum atomic E-state index is 5.22. The van der Waals surface area contributed by atoms with E-state index in [2.05, 4.69) is 77.1 Å². The van der Waals surface area contributed by atoms with Crippen molar-refractivity contribution in [2.24, 2.45) is 0 Å². The normalized spacial score (nSPS) is 11.3. The summed E-state index contributed by atoms with van der Waals surface area (Å²) in [7, 11) is 0. The molecule has 3 aromatic heterocycles. The lowest BCUT2D eigenvalue weighted by Gasteiger charge is -2.11. The van der Waals surface area contributed by atoms with Crippen molar-refractivity contribution in [3.8, 4) is 21.7 Å². The van der Waals surface area contributed by atoms with E-state index in [1.165, 1.54) is 22.5 Å². The first kappa shape index (κ1) is 20.7. The van der Waals surface area contributed by atoms with E-state index in [4.69, 9.17) is 22.2 Å². The lowest BCUT2D eigenvalue weighted by Crippen LogP contribution is -2.05. The number of hydrogen-bond acceptors (Lipinski definition) is 5. The van der Waals surface area contributed by atoms with Crippen LogP contribution in [0.4, 0.5) is 0 Å². The number of imidazole rings is 1. The summed E-state index contributed by atoms with van der Waals surface area (Å²) in [5, 5.41) is 8.16. The molecule has 0 aliphatic heterocycles. The van der Waals surface area contributed by atoms with Gasteiger partial charge in [-0.3, -0.25) is 5.10 Å². The maximum absolute atomic E-state index is 5.22. The molecule has 5 nitrogen and oxygen atoms in total. The molecule has 7 heteroatoms. The van der Waals surface area contributed by atoms with Gasteiger partial charge in [-0.25, -0.2) is 9.97 Å². The van der Waals surface area contributed by atoms with E-state index in [1.807, 2.05) is 13.0 Å². The first-order valence-electron chi connectivity index (χ1n) is 10.6.